The summed E-state index contributed by atoms with van der Waals surface area (Å²) >= 11 is 3.49. The standard InChI is InChI=1S/C17H10BrNO4/c18-10-2-1-3-11-15(10)8(7-19-11)4-14-17(22)16-12(21)5-9(20)6-13(16)23-14/h1-7,19-21H. The predicted octanol–water partition coefficient (Wildman–Crippen LogP) is 3.96. The Bertz CT molecular complexity index is 1000. The van der Waals surface area contributed by atoms with E-state index < -0.39 is 5.78 Å². The number of phenols is 2. The minimum Gasteiger partial charge on any atom is -0.508 e. The Hall–Kier alpha value is -2.73. The van der Waals surface area contributed by atoms with Gasteiger partial charge >= 0.3 is 0 Å². The number of aromatic amines is 1. The van der Waals surface area contributed by atoms with Gasteiger partial charge in [0.15, 0.2) is 5.76 Å². The van der Waals surface area contributed by atoms with Crippen LogP contribution in [0.4, 0.5) is 0 Å². The number of carbonyl (C=O) groups is 1. The van der Waals surface area contributed by atoms with Gasteiger partial charge in [0.2, 0.25) is 5.78 Å². The molecule has 4 rings (SSSR count). The van der Waals surface area contributed by atoms with Crippen molar-refractivity contribution in [2.24, 2.45) is 0 Å². The first kappa shape index (κ1) is 13.9. The number of nitrogens with one attached hydrogen (secondary N) is 1. The number of hydrogen-bond donors (Lipinski definition) is 3. The molecule has 0 fully saturated rings. The van der Waals surface area contributed by atoms with Gasteiger partial charge in [-0.05, 0) is 18.2 Å². The number of aromatic hydroxyl groups is 2. The third kappa shape index (κ3) is 2.10. The van der Waals surface area contributed by atoms with Gasteiger partial charge in [-0.25, -0.2) is 0 Å². The highest BCUT2D eigenvalue weighted by molar-refractivity contribution is 9.10. The molecule has 5 nitrogen and oxygen atoms in total. The summed E-state index contributed by atoms with van der Waals surface area (Å²) in [4.78, 5) is 15.5. The molecule has 3 aromatic rings. The number of Topliss-reactive ketones (excluding diaryl/α,β-unsaturated/α-hetero) is 1. The van der Waals surface area contributed by atoms with E-state index in [-0.39, 0.29) is 28.6 Å². The van der Waals surface area contributed by atoms with Gasteiger partial charge in [-0.3, -0.25) is 4.79 Å². The highest BCUT2D eigenvalue weighted by Crippen LogP contribution is 2.41. The van der Waals surface area contributed by atoms with E-state index in [1.165, 1.54) is 6.07 Å². The van der Waals surface area contributed by atoms with E-state index >= 15 is 0 Å². The normalized spacial score (nSPS) is 15.2. The summed E-state index contributed by atoms with van der Waals surface area (Å²) in [6, 6.07) is 8.17. The van der Waals surface area contributed by atoms with Crippen LogP contribution in [0.5, 0.6) is 17.2 Å². The lowest BCUT2D eigenvalue weighted by molar-refractivity contribution is 0.101. The maximum Gasteiger partial charge on any atom is 0.235 e. The highest BCUT2D eigenvalue weighted by atomic mass is 79.9. The maximum absolute atomic E-state index is 12.4. The Labute approximate surface area is 139 Å². The van der Waals surface area contributed by atoms with Gasteiger partial charge in [0.25, 0.3) is 0 Å². The van der Waals surface area contributed by atoms with Crippen molar-refractivity contribution in [2.75, 3.05) is 0 Å². The third-order valence-corrected chi connectivity index (χ3v) is 4.37. The number of aromatic nitrogens is 1. The molecule has 1 aliphatic heterocycles. The number of halogens is 1. The topological polar surface area (TPSA) is 82.6 Å². The largest absolute Gasteiger partial charge is 0.508 e. The van der Waals surface area contributed by atoms with Crippen LogP contribution in [0.2, 0.25) is 0 Å². The van der Waals surface area contributed by atoms with Crippen molar-refractivity contribution >= 4 is 38.7 Å². The Balaban J connectivity index is 1.84. The van der Waals surface area contributed by atoms with Crippen molar-refractivity contribution in [3.63, 3.8) is 0 Å². The van der Waals surface area contributed by atoms with E-state index in [0.29, 0.717) is 0 Å². The number of fused-ring (bicyclic) bond motifs is 2. The van der Waals surface area contributed by atoms with Gasteiger partial charge in [0.1, 0.15) is 22.8 Å². The molecular formula is C17H10BrNO4. The zero-order valence-corrected chi connectivity index (χ0v) is 13.2. The van der Waals surface area contributed by atoms with E-state index in [9.17, 15) is 15.0 Å². The molecule has 23 heavy (non-hydrogen) atoms. The fourth-order valence-corrected chi connectivity index (χ4v) is 3.29. The van der Waals surface area contributed by atoms with Crippen molar-refractivity contribution in [2.45, 2.75) is 0 Å². The van der Waals surface area contributed by atoms with Crippen LogP contribution in [0.25, 0.3) is 17.0 Å². The van der Waals surface area contributed by atoms with Crippen LogP contribution in [-0.2, 0) is 0 Å². The van der Waals surface area contributed by atoms with E-state index in [1.54, 1.807) is 12.3 Å². The second-order valence-corrected chi connectivity index (χ2v) is 6.04. The molecule has 0 amide bonds. The van der Waals surface area contributed by atoms with Crippen molar-refractivity contribution in [3.8, 4) is 17.2 Å². The lowest BCUT2D eigenvalue weighted by Gasteiger charge is -2.00. The SMILES string of the molecule is O=C1C(=Cc2c[nH]c3cccc(Br)c23)Oc2cc(O)cc(O)c21. The van der Waals surface area contributed by atoms with Crippen LogP contribution in [0, 0.1) is 0 Å². The first-order valence-corrected chi connectivity index (χ1v) is 7.59. The fraction of sp³-hybridized carbons (Fsp3) is 0. The molecule has 1 aliphatic rings. The minimum absolute atomic E-state index is 0.0629. The predicted molar refractivity (Wildman–Crippen MR) is 88.7 cm³/mol. The van der Waals surface area contributed by atoms with Crippen molar-refractivity contribution in [3.05, 3.63) is 57.9 Å². The van der Waals surface area contributed by atoms with Crippen LogP contribution in [-0.4, -0.2) is 21.0 Å². The van der Waals surface area contributed by atoms with Crippen LogP contribution >= 0.6 is 15.9 Å². The molecule has 1 aromatic heterocycles. The first-order valence-electron chi connectivity index (χ1n) is 6.80. The molecule has 0 aliphatic carbocycles. The van der Waals surface area contributed by atoms with Gasteiger partial charge in [-0.15, -0.1) is 0 Å². The molecule has 3 N–H and O–H groups in total. The van der Waals surface area contributed by atoms with Crippen molar-refractivity contribution in [1.29, 1.82) is 0 Å². The number of phenolic OH excluding ortho intramolecular Hbond substituents is 2. The number of allylic oxidation sites excluding steroid dienone is 1. The Morgan fingerprint density at radius 3 is 2.87 bits per heavy atom. The molecule has 114 valence electrons. The van der Waals surface area contributed by atoms with Gasteiger partial charge in [-0.1, -0.05) is 22.0 Å². The molecule has 0 spiro atoms. The first-order chi connectivity index (χ1) is 11.0. The molecule has 0 saturated carbocycles. The van der Waals surface area contributed by atoms with E-state index in [2.05, 4.69) is 20.9 Å². The lowest BCUT2D eigenvalue weighted by atomic mass is 10.1. The monoisotopic (exact) mass is 371 g/mol. The van der Waals surface area contributed by atoms with Crippen LogP contribution < -0.4 is 4.74 Å². The highest BCUT2D eigenvalue weighted by Gasteiger charge is 2.31. The molecule has 0 saturated heterocycles. The number of benzene rings is 2. The Morgan fingerprint density at radius 2 is 2.04 bits per heavy atom. The summed E-state index contributed by atoms with van der Waals surface area (Å²) in [5.41, 5.74) is 1.77. The molecule has 2 aromatic carbocycles. The summed E-state index contributed by atoms with van der Waals surface area (Å²) in [5.74, 6) is -0.632. The zero-order valence-electron chi connectivity index (χ0n) is 11.6. The fourth-order valence-electron chi connectivity index (χ4n) is 2.70. The number of H-pyrrole nitrogens is 1. The van der Waals surface area contributed by atoms with E-state index in [4.69, 9.17) is 4.74 Å². The van der Waals surface area contributed by atoms with Gasteiger partial charge in [0, 0.05) is 39.3 Å². The smallest absolute Gasteiger partial charge is 0.235 e. The van der Waals surface area contributed by atoms with Crippen LogP contribution in [0.15, 0.2) is 46.8 Å². The van der Waals surface area contributed by atoms with Gasteiger partial charge in [-0.2, -0.15) is 0 Å². The molecule has 0 bridgehead atoms. The second-order valence-electron chi connectivity index (χ2n) is 5.18. The molecule has 0 unspecified atom stereocenters. The number of ketones is 1. The summed E-state index contributed by atoms with van der Waals surface area (Å²) in [6.45, 7) is 0. The van der Waals surface area contributed by atoms with Crippen molar-refractivity contribution < 1.29 is 19.7 Å². The Kier molecular flexibility index (Phi) is 2.96. The Morgan fingerprint density at radius 1 is 1.22 bits per heavy atom. The number of rotatable bonds is 1. The van der Waals surface area contributed by atoms with Gasteiger partial charge < -0.3 is 19.9 Å². The molecule has 0 atom stereocenters. The molecule has 6 heteroatoms. The van der Waals surface area contributed by atoms with Crippen molar-refractivity contribution in [1.82, 2.24) is 4.98 Å². The minimum atomic E-state index is -0.418. The lowest BCUT2D eigenvalue weighted by Crippen LogP contribution is -1.98. The quantitative estimate of drug-likeness (QED) is 0.565. The maximum atomic E-state index is 12.4. The second kappa shape index (κ2) is 4.89. The zero-order chi connectivity index (χ0) is 16.1. The third-order valence-electron chi connectivity index (χ3n) is 3.71. The number of hydrogen-bond acceptors (Lipinski definition) is 4. The van der Waals surface area contributed by atoms with Crippen LogP contribution in [0.1, 0.15) is 15.9 Å². The van der Waals surface area contributed by atoms with Crippen LogP contribution in [0.3, 0.4) is 0 Å². The average Bonchev–Trinajstić information content (AvgIpc) is 3.03. The van der Waals surface area contributed by atoms with E-state index in [0.717, 1.165) is 27.0 Å². The number of ether oxygens (including phenoxy) is 1. The molecular weight excluding hydrogens is 362 g/mol. The summed E-state index contributed by atoms with van der Waals surface area (Å²) in [5, 5.41) is 20.3. The molecule has 2 heterocycles. The summed E-state index contributed by atoms with van der Waals surface area (Å²) in [6.07, 6.45) is 3.39. The summed E-state index contributed by atoms with van der Waals surface area (Å²) < 4.78 is 6.40. The summed E-state index contributed by atoms with van der Waals surface area (Å²) in [7, 11) is 0. The molecule has 0 radical (unpaired) electrons. The van der Waals surface area contributed by atoms with E-state index in [1.807, 2.05) is 18.2 Å². The average molecular weight is 372 g/mol. The van der Waals surface area contributed by atoms with Gasteiger partial charge in [0.05, 0.1) is 0 Å². The number of carbonyl (C=O) groups excluding carboxylic acids is 1.